The highest BCUT2D eigenvalue weighted by atomic mass is 16.5. The van der Waals surface area contributed by atoms with Gasteiger partial charge < -0.3 is 14.4 Å². The molecular weight excluding hydrogens is 172 g/mol. The lowest BCUT2D eigenvalue weighted by Crippen LogP contribution is -2.12. The second-order valence-corrected chi connectivity index (χ2v) is 2.61. The van der Waals surface area contributed by atoms with E-state index in [1.807, 2.05) is 17.7 Å². The van der Waals surface area contributed by atoms with Gasteiger partial charge in [-0.1, -0.05) is 0 Å². The number of nitrogens with zero attached hydrogens (tertiary/aromatic N) is 2. The maximum atomic E-state index is 10.1. The topological polar surface area (TPSA) is 64.4 Å². The van der Waals surface area contributed by atoms with Gasteiger partial charge in [0.05, 0.1) is 6.61 Å². The van der Waals surface area contributed by atoms with Crippen molar-refractivity contribution in [3.8, 4) is 0 Å². The number of ether oxygens (including phenoxy) is 1. The lowest BCUT2D eigenvalue weighted by atomic mass is 10.6. The lowest BCUT2D eigenvalue weighted by molar-refractivity contribution is -0.142. The van der Waals surface area contributed by atoms with Gasteiger partial charge in [0, 0.05) is 18.9 Å². The molecule has 0 amide bonds. The normalized spacial score (nSPS) is 10.2. The first-order valence-corrected chi connectivity index (χ1v) is 3.97. The second kappa shape index (κ2) is 4.61. The minimum atomic E-state index is -0.942. The first-order valence-electron chi connectivity index (χ1n) is 3.97. The minimum Gasteiger partial charge on any atom is -0.480 e. The summed E-state index contributed by atoms with van der Waals surface area (Å²) in [6.07, 6.45) is 3.53. The number of carboxylic acids is 1. The highest BCUT2D eigenvalue weighted by Crippen LogP contribution is 1.94. The Morgan fingerprint density at radius 2 is 2.54 bits per heavy atom. The van der Waals surface area contributed by atoms with Crippen LogP contribution in [0.25, 0.3) is 0 Å². The van der Waals surface area contributed by atoms with Gasteiger partial charge in [-0.05, 0) is 6.92 Å². The van der Waals surface area contributed by atoms with Gasteiger partial charge in [0.1, 0.15) is 12.4 Å². The summed E-state index contributed by atoms with van der Waals surface area (Å²) in [6.45, 7) is 2.67. The Balaban J connectivity index is 2.20. The number of aryl methyl sites for hydroxylation is 1. The van der Waals surface area contributed by atoms with E-state index >= 15 is 0 Å². The van der Waals surface area contributed by atoms with Crippen molar-refractivity contribution in [2.45, 2.75) is 13.5 Å². The Bertz CT molecular complexity index is 283. The van der Waals surface area contributed by atoms with E-state index in [2.05, 4.69) is 4.98 Å². The predicted molar refractivity (Wildman–Crippen MR) is 45.4 cm³/mol. The number of hydrogen-bond donors (Lipinski definition) is 1. The molecule has 13 heavy (non-hydrogen) atoms. The molecule has 0 saturated heterocycles. The van der Waals surface area contributed by atoms with Crippen molar-refractivity contribution in [1.82, 2.24) is 9.55 Å². The minimum absolute atomic E-state index is 0.242. The summed E-state index contributed by atoms with van der Waals surface area (Å²) in [5.41, 5.74) is 0. The highest BCUT2D eigenvalue weighted by Gasteiger charge is 1.98. The summed E-state index contributed by atoms with van der Waals surface area (Å²) in [7, 11) is 0. The molecule has 0 bridgehead atoms. The summed E-state index contributed by atoms with van der Waals surface area (Å²) >= 11 is 0. The monoisotopic (exact) mass is 184 g/mol. The van der Waals surface area contributed by atoms with Crippen LogP contribution in [-0.2, 0) is 16.1 Å². The van der Waals surface area contributed by atoms with Gasteiger partial charge >= 0.3 is 5.97 Å². The molecule has 1 rings (SSSR count). The number of carbonyl (C=O) groups is 1. The predicted octanol–water partition coefficient (Wildman–Crippen LogP) is 0.293. The Hall–Kier alpha value is -1.36. The Labute approximate surface area is 76.0 Å². The molecule has 0 aromatic carbocycles. The molecule has 0 aliphatic carbocycles. The SMILES string of the molecule is Cc1nccn1CCOCC(=O)O. The van der Waals surface area contributed by atoms with E-state index in [1.165, 1.54) is 0 Å². The standard InChI is InChI=1S/C8H12N2O3/c1-7-9-2-3-10(7)4-5-13-6-8(11)12/h2-3H,4-6H2,1H3,(H,11,12). The second-order valence-electron chi connectivity index (χ2n) is 2.61. The average Bonchev–Trinajstić information content (AvgIpc) is 2.45. The van der Waals surface area contributed by atoms with Crippen molar-refractivity contribution in [1.29, 1.82) is 0 Å². The van der Waals surface area contributed by atoms with E-state index in [4.69, 9.17) is 9.84 Å². The molecule has 0 atom stereocenters. The van der Waals surface area contributed by atoms with Crippen LogP contribution < -0.4 is 0 Å². The number of rotatable bonds is 5. The molecule has 0 saturated carbocycles. The molecule has 1 N–H and O–H groups in total. The van der Waals surface area contributed by atoms with Crippen LogP contribution >= 0.6 is 0 Å². The van der Waals surface area contributed by atoms with Crippen molar-refractivity contribution in [2.24, 2.45) is 0 Å². The lowest BCUT2D eigenvalue weighted by Gasteiger charge is -2.04. The molecule has 5 nitrogen and oxygen atoms in total. The fourth-order valence-electron chi connectivity index (χ4n) is 0.962. The number of aliphatic carboxylic acids is 1. The third-order valence-corrected chi connectivity index (χ3v) is 1.63. The number of imidazole rings is 1. The largest absolute Gasteiger partial charge is 0.480 e. The maximum Gasteiger partial charge on any atom is 0.329 e. The van der Waals surface area contributed by atoms with Gasteiger partial charge in [-0.3, -0.25) is 0 Å². The zero-order chi connectivity index (χ0) is 9.68. The molecule has 1 aromatic rings. The summed E-state index contributed by atoms with van der Waals surface area (Å²) in [4.78, 5) is 14.1. The smallest absolute Gasteiger partial charge is 0.329 e. The maximum absolute atomic E-state index is 10.1. The summed E-state index contributed by atoms with van der Waals surface area (Å²) in [5, 5.41) is 8.28. The van der Waals surface area contributed by atoms with Crippen molar-refractivity contribution < 1.29 is 14.6 Å². The highest BCUT2D eigenvalue weighted by molar-refractivity contribution is 5.67. The van der Waals surface area contributed by atoms with E-state index in [9.17, 15) is 4.79 Å². The first kappa shape index (κ1) is 9.73. The Morgan fingerprint density at radius 3 is 3.08 bits per heavy atom. The molecule has 0 spiro atoms. The molecular formula is C8H12N2O3. The molecule has 72 valence electrons. The molecule has 5 heteroatoms. The number of aromatic nitrogens is 2. The first-order chi connectivity index (χ1) is 6.20. The zero-order valence-electron chi connectivity index (χ0n) is 7.43. The van der Waals surface area contributed by atoms with Crippen molar-refractivity contribution >= 4 is 5.97 Å². The van der Waals surface area contributed by atoms with Crippen LogP contribution in [0.3, 0.4) is 0 Å². The molecule has 0 radical (unpaired) electrons. The van der Waals surface area contributed by atoms with Crippen molar-refractivity contribution in [2.75, 3.05) is 13.2 Å². The van der Waals surface area contributed by atoms with Crippen LogP contribution in [-0.4, -0.2) is 33.8 Å². The summed E-state index contributed by atoms with van der Waals surface area (Å²) in [5.74, 6) is -0.0405. The van der Waals surface area contributed by atoms with E-state index in [0.29, 0.717) is 13.2 Å². The molecule has 0 aliphatic rings. The van der Waals surface area contributed by atoms with Crippen molar-refractivity contribution in [3.05, 3.63) is 18.2 Å². The van der Waals surface area contributed by atoms with Crippen molar-refractivity contribution in [3.63, 3.8) is 0 Å². The van der Waals surface area contributed by atoms with E-state index in [-0.39, 0.29) is 6.61 Å². The third-order valence-electron chi connectivity index (χ3n) is 1.63. The molecule has 0 aliphatic heterocycles. The van der Waals surface area contributed by atoms with Gasteiger partial charge in [-0.2, -0.15) is 0 Å². The molecule has 0 unspecified atom stereocenters. The summed E-state index contributed by atoms with van der Waals surface area (Å²) in [6, 6.07) is 0. The average molecular weight is 184 g/mol. The van der Waals surface area contributed by atoms with Crippen LogP contribution in [0.15, 0.2) is 12.4 Å². The summed E-state index contributed by atoms with van der Waals surface area (Å²) < 4.78 is 6.78. The number of carboxylic acid groups (broad SMARTS) is 1. The van der Waals surface area contributed by atoms with Crippen LogP contribution in [0.5, 0.6) is 0 Å². The van der Waals surface area contributed by atoms with E-state index < -0.39 is 5.97 Å². The Morgan fingerprint density at radius 1 is 1.77 bits per heavy atom. The Kier molecular flexibility index (Phi) is 3.45. The van der Waals surface area contributed by atoms with E-state index in [1.54, 1.807) is 6.20 Å². The van der Waals surface area contributed by atoms with Crippen LogP contribution in [0.4, 0.5) is 0 Å². The van der Waals surface area contributed by atoms with Crippen LogP contribution in [0, 0.1) is 6.92 Å². The number of hydrogen-bond acceptors (Lipinski definition) is 3. The van der Waals surface area contributed by atoms with Crippen LogP contribution in [0.1, 0.15) is 5.82 Å². The van der Waals surface area contributed by atoms with Gasteiger partial charge in [-0.25, -0.2) is 9.78 Å². The molecule has 1 heterocycles. The van der Waals surface area contributed by atoms with Gasteiger partial charge in [0.25, 0.3) is 0 Å². The van der Waals surface area contributed by atoms with Gasteiger partial charge in [0.2, 0.25) is 0 Å². The van der Waals surface area contributed by atoms with Gasteiger partial charge in [0.15, 0.2) is 0 Å². The zero-order valence-corrected chi connectivity index (χ0v) is 7.43. The fraction of sp³-hybridized carbons (Fsp3) is 0.500. The molecule has 1 aromatic heterocycles. The quantitative estimate of drug-likeness (QED) is 0.668. The van der Waals surface area contributed by atoms with Gasteiger partial charge in [-0.15, -0.1) is 0 Å². The van der Waals surface area contributed by atoms with Crippen LogP contribution in [0.2, 0.25) is 0 Å². The van der Waals surface area contributed by atoms with E-state index in [0.717, 1.165) is 5.82 Å². The molecule has 0 fully saturated rings. The fourth-order valence-corrected chi connectivity index (χ4v) is 0.962. The third kappa shape index (κ3) is 3.25.